The van der Waals surface area contributed by atoms with Gasteiger partial charge in [0.15, 0.2) is 0 Å². The quantitative estimate of drug-likeness (QED) is 0.427. The summed E-state index contributed by atoms with van der Waals surface area (Å²) in [6.07, 6.45) is 2.13. The third-order valence-electron chi connectivity index (χ3n) is 1.71. The molecule has 4 heteroatoms. The molecule has 0 amide bonds. The van der Waals surface area contributed by atoms with Crippen molar-refractivity contribution in [1.29, 1.82) is 0 Å². The van der Waals surface area contributed by atoms with Crippen LogP contribution in [0.3, 0.4) is 0 Å². The van der Waals surface area contributed by atoms with Crippen molar-refractivity contribution in [2.45, 2.75) is 19.8 Å². The molecule has 0 spiro atoms. The van der Waals surface area contributed by atoms with E-state index < -0.39 is 0 Å². The second kappa shape index (κ2) is 13.2. The molecule has 0 saturated heterocycles. The van der Waals surface area contributed by atoms with Gasteiger partial charge in [-0.25, -0.2) is 0 Å². The van der Waals surface area contributed by atoms with Gasteiger partial charge in [-0.2, -0.15) is 0 Å². The SMILES string of the molecule is CCOCCCNCCCOCCCl. The zero-order chi connectivity index (χ0) is 10.5. The number of halogens is 1. The van der Waals surface area contributed by atoms with Gasteiger partial charge in [0.2, 0.25) is 0 Å². The lowest BCUT2D eigenvalue weighted by atomic mass is 10.4. The van der Waals surface area contributed by atoms with E-state index in [0.717, 1.165) is 45.8 Å². The minimum absolute atomic E-state index is 0.585. The van der Waals surface area contributed by atoms with Crippen molar-refractivity contribution < 1.29 is 9.47 Å². The van der Waals surface area contributed by atoms with Gasteiger partial charge in [-0.05, 0) is 32.9 Å². The molecular weight excluding hydrogens is 202 g/mol. The molecule has 0 aromatic rings. The molecule has 0 atom stereocenters. The van der Waals surface area contributed by atoms with Gasteiger partial charge in [0.05, 0.1) is 6.61 Å². The normalized spacial score (nSPS) is 10.7. The molecule has 0 bridgehead atoms. The highest BCUT2D eigenvalue weighted by Gasteiger charge is 1.90. The number of hydrogen-bond donors (Lipinski definition) is 1. The van der Waals surface area contributed by atoms with Crippen molar-refractivity contribution in [1.82, 2.24) is 5.32 Å². The smallest absolute Gasteiger partial charge is 0.0601 e. The van der Waals surface area contributed by atoms with E-state index in [9.17, 15) is 0 Å². The van der Waals surface area contributed by atoms with Crippen LogP contribution in [0.4, 0.5) is 0 Å². The molecule has 0 aromatic carbocycles. The van der Waals surface area contributed by atoms with Gasteiger partial charge in [-0.1, -0.05) is 0 Å². The van der Waals surface area contributed by atoms with Crippen LogP contribution in [-0.2, 0) is 9.47 Å². The van der Waals surface area contributed by atoms with Crippen molar-refractivity contribution in [2.24, 2.45) is 0 Å². The first-order valence-corrected chi connectivity index (χ1v) is 5.87. The molecule has 0 fully saturated rings. The Morgan fingerprint density at radius 1 is 1.00 bits per heavy atom. The van der Waals surface area contributed by atoms with E-state index in [2.05, 4.69) is 5.32 Å². The van der Waals surface area contributed by atoms with Gasteiger partial charge in [0.25, 0.3) is 0 Å². The van der Waals surface area contributed by atoms with Crippen LogP contribution in [0.2, 0.25) is 0 Å². The first kappa shape index (κ1) is 14.2. The first-order chi connectivity index (χ1) is 6.91. The highest BCUT2D eigenvalue weighted by atomic mass is 35.5. The molecule has 0 aliphatic heterocycles. The van der Waals surface area contributed by atoms with E-state index in [1.807, 2.05) is 6.92 Å². The molecular formula is C10H22ClNO2. The molecule has 0 aliphatic rings. The maximum Gasteiger partial charge on any atom is 0.0601 e. The van der Waals surface area contributed by atoms with E-state index in [0.29, 0.717) is 12.5 Å². The summed E-state index contributed by atoms with van der Waals surface area (Å²) in [5.74, 6) is 0.585. The number of nitrogens with one attached hydrogen (secondary N) is 1. The number of ether oxygens (including phenoxy) is 2. The predicted molar refractivity (Wildman–Crippen MR) is 60.1 cm³/mol. The van der Waals surface area contributed by atoms with Crippen LogP contribution < -0.4 is 5.32 Å². The van der Waals surface area contributed by atoms with Crippen LogP contribution in [0.1, 0.15) is 19.8 Å². The van der Waals surface area contributed by atoms with Crippen LogP contribution in [0.25, 0.3) is 0 Å². The van der Waals surface area contributed by atoms with Crippen molar-refractivity contribution >= 4 is 11.6 Å². The fourth-order valence-corrected chi connectivity index (χ4v) is 1.13. The van der Waals surface area contributed by atoms with Crippen LogP contribution in [-0.4, -0.2) is 45.4 Å². The molecule has 0 rings (SSSR count). The summed E-state index contributed by atoms with van der Waals surface area (Å²) in [4.78, 5) is 0. The van der Waals surface area contributed by atoms with E-state index in [4.69, 9.17) is 21.1 Å². The molecule has 3 nitrogen and oxygen atoms in total. The second-order valence-electron chi connectivity index (χ2n) is 2.96. The first-order valence-electron chi connectivity index (χ1n) is 5.34. The van der Waals surface area contributed by atoms with E-state index in [1.54, 1.807) is 0 Å². The molecule has 86 valence electrons. The molecule has 0 aliphatic carbocycles. The third kappa shape index (κ3) is 12.2. The summed E-state index contributed by atoms with van der Waals surface area (Å²) in [6.45, 7) is 7.17. The highest BCUT2D eigenvalue weighted by Crippen LogP contribution is 1.84. The standard InChI is InChI=1S/C10H22ClNO2/c1-2-13-8-3-6-12-7-4-9-14-10-5-11/h12H,2-10H2,1H3. The molecule has 0 aromatic heterocycles. The molecule has 0 radical (unpaired) electrons. The summed E-state index contributed by atoms with van der Waals surface area (Å²) >= 11 is 5.46. The molecule has 14 heavy (non-hydrogen) atoms. The average molecular weight is 224 g/mol. The van der Waals surface area contributed by atoms with E-state index in [1.165, 1.54) is 0 Å². The minimum atomic E-state index is 0.585. The van der Waals surface area contributed by atoms with Gasteiger partial charge in [-0.15, -0.1) is 11.6 Å². The number of rotatable bonds is 11. The average Bonchev–Trinajstić information content (AvgIpc) is 2.21. The Kier molecular flexibility index (Phi) is 13.3. The summed E-state index contributed by atoms with van der Waals surface area (Å²) < 4.78 is 10.4. The number of alkyl halides is 1. The Morgan fingerprint density at radius 2 is 1.64 bits per heavy atom. The van der Waals surface area contributed by atoms with Crippen molar-refractivity contribution in [3.05, 3.63) is 0 Å². The van der Waals surface area contributed by atoms with Crippen LogP contribution in [0.5, 0.6) is 0 Å². The molecule has 0 unspecified atom stereocenters. The largest absolute Gasteiger partial charge is 0.382 e. The van der Waals surface area contributed by atoms with E-state index in [-0.39, 0.29) is 0 Å². The van der Waals surface area contributed by atoms with Gasteiger partial charge in [0, 0.05) is 25.7 Å². The topological polar surface area (TPSA) is 30.5 Å². The van der Waals surface area contributed by atoms with Crippen molar-refractivity contribution in [3.8, 4) is 0 Å². The van der Waals surface area contributed by atoms with Crippen molar-refractivity contribution in [3.63, 3.8) is 0 Å². The van der Waals surface area contributed by atoms with Gasteiger partial charge < -0.3 is 14.8 Å². The lowest BCUT2D eigenvalue weighted by Gasteiger charge is -2.05. The summed E-state index contributed by atoms with van der Waals surface area (Å²) in [5.41, 5.74) is 0. The summed E-state index contributed by atoms with van der Waals surface area (Å²) in [6, 6.07) is 0. The van der Waals surface area contributed by atoms with Gasteiger partial charge >= 0.3 is 0 Å². The number of hydrogen-bond acceptors (Lipinski definition) is 3. The Labute approximate surface area is 92.1 Å². The van der Waals surface area contributed by atoms with E-state index >= 15 is 0 Å². The fourth-order valence-electron chi connectivity index (χ4n) is 1.02. The molecule has 1 N–H and O–H groups in total. The van der Waals surface area contributed by atoms with Crippen LogP contribution >= 0.6 is 11.6 Å². The monoisotopic (exact) mass is 223 g/mol. The lowest BCUT2D eigenvalue weighted by Crippen LogP contribution is -2.19. The Hall–Kier alpha value is 0.170. The predicted octanol–water partition coefficient (Wildman–Crippen LogP) is 1.65. The highest BCUT2D eigenvalue weighted by molar-refractivity contribution is 6.17. The van der Waals surface area contributed by atoms with Gasteiger partial charge in [-0.3, -0.25) is 0 Å². The second-order valence-corrected chi connectivity index (χ2v) is 3.33. The maximum absolute atomic E-state index is 5.46. The zero-order valence-electron chi connectivity index (χ0n) is 9.06. The Balaban J connectivity index is 2.78. The third-order valence-corrected chi connectivity index (χ3v) is 1.86. The van der Waals surface area contributed by atoms with Gasteiger partial charge in [0.1, 0.15) is 0 Å². The molecule has 0 saturated carbocycles. The summed E-state index contributed by atoms with van der Waals surface area (Å²) in [7, 11) is 0. The zero-order valence-corrected chi connectivity index (χ0v) is 9.81. The van der Waals surface area contributed by atoms with Crippen molar-refractivity contribution in [2.75, 3.05) is 45.4 Å². The Morgan fingerprint density at radius 3 is 2.21 bits per heavy atom. The lowest BCUT2D eigenvalue weighted by molar-refractivity contribution is 0.141. The minimum Gasteiger partial charge on any atom is -0.382 e. The maximum atomic E-state index is 5.46. The Bertz CT molecular complexity index is 92.1. The fraction of sp³-hybridized carbons (Fsp3) is 1.00. The summed E-state index contributed by atoms with van der Waals surface area (Å²) in [5, 5.41) is 3.33. The van der Waals surface area contributed by atoms with Crippen LogP contribution in [0, 0.1) is 0 Å². The van der Waals surface area contributed by atoms with Crippen LogP contribution in [0.15, 0.2) is 0 Å². The molecule has 0 heterocycles.